The van der Waals surface area contributed by atoms with Crippen LogP contribution in [0.4, 0.5) is 13.2 Å². The van der Waals surface area contributed by atoms with Crippen molar-refractivity contribution in [1.29, 1.82) is 0 Å². The van der Waals surface area contributed by atoms with Crippen LogP contribution >= 0.6 is 0 Å². The molecule has 0 bridgehead atoms. The van der Waals surface area contributed by atoms with Crippen LogP contribution in [0.5, 0.6) is 5.75 Å². The molecule has 6 aromatic rings. The smallest absolute Gasteiger partial charge is 0.469 e. The van der Waals surface area contributed by atoms with Gasteiger partial charge in [-0.2, -0.15) is 21.6 Å². The fraction of sp³-hybridized carbons (Fsp3) is 0.367. The number of carbonyl (C=O) groups is 2. The zero-order chi connectivity index (χ0) is 53.9. The SMILES string of the molecule is CCC(CC)(c1ccc(-c2cncc(CC(=O)OC)c2)cc1)c1ccc(C#CC2(O)CCCC2)c(C)c1.CCC(CC)(c1ccc(-c2cncc(CC(=O)OC)c2)cc1)c1ccc(OS(=O)(=O)C(F)(F)F)c(C)c1. The van der Waals surface area contributed by atoms with Crippen LogP contribution in [0.2, 0.25) is 0 Å². The highest BCUT2D eigenvalue weighted by Gasteiger charge is 2.49. The summed E-state index contributed by atoms with van der Waals surface area (Å²) in [6.07, 6.45) is 14.2. The number of hydrogen-bond acceptors (Lipinski definition) is 10. The van der Waals surface area contributed by atoms with Crippen molar-refractivity contribution in [2.75, 3.05) is 14.2 Å². The third-order valence-electron chi connectivity index (χ3n) is 14.5. The maximum Gasteiger partial charge on any atom is 0.534 e. The van der Waals surface area contributed by atoms with E-state index in [-0.39, 0.29) is 41.5 Å². The molecule has 0 unspecified atom stereocenters. The lowest BCUT2D eigenvalue weighted by Gasteiger charge is -2.34. The molecule has 0 saturated heterocycles. The standard InChI is InChI=1S/C33H37NO3.C27H28F3NO5S/c1-5-33(6-2,30-14-9-26(24(3)19-30)15-18-32(36)16-7-8-17-32)29-12-10-27(11-13-29)28-20-25(22-34-23-28)21-31(35)37-4;1-5-26(6-2,23-11-12-24(18(3)13-23)36-37(33,34)27(28,29)30)22-9-7-20(8-10-22)21-14-19(16-31-17-21)15-25(32)35-4/h9-14,19-20,22-23,36H,5-8,16-17,21H2,1-4H3;7-14,16-17H,5-6,15H2,1-4H3. The van der Waals surface area contributed by atoms with E-state index in [9.17, 15) is 36.3 Å². The molecule has 2 aromatic heterocycles. The Morgan fingerprint density at radius 3 is 1.42 bits per heavy atom. The lowest BCUT2D eigenvalue weighted by molar-refractivity contribution is -0.140. The van der Waals surface area contributed by atoms with Gasteiger partial charge in [-0.1, -0.05) is 112 Å². The molecule has 1 N–H and O–H groups in total. The van der Waals surface area contributed by atoms with Crippen molar-refractivity contribution < 1.29 is 49.9 Å². The predicted octanol–water partition coefficient (Wildman–Crippen LogP) is 12.6. The molecule has 7 rings (SSSR count). The molecule has 0 atom stereocenters. The quantitative estimate of drug-likeness (QED) is 0.0431. The largest absolute Gasteiger partial charge is 0.534 e. The van der Waals surface area contributed by atoms with Gasteiger partial charge in [0.25, 0.3) is 0 Å². The normalized spacial score (nSPS) is 13.5. The Labute approximate surface area is 433 Å². The van der Waals surface area contributed by atoms with Crippen LogP contribution in [-0.2, 0) is 52.9 Å². The Bertz CT molecular complexity index is 3090. The average Bonchev–Trinajstić information content (AvgIpc) is 3.84. The number of benzene rings is 4. The number of pyridine rings is 2. The molecule has 4 aromatic carbocycles. The molecule has 0 aliphatic heterocycles. The van der Waals surface area contributed by atoms with Gasteiger partial charge in [0, 0.05) is 52.3 Å². The molecule has 2 heterocycles. The Hall–Kier alpha value is -6.82. The first-order valence-corrected chi connectivity index (χ1v) is 26.3. The predicted molar refractivity (Wildman–Crippen MR) is 282 cm³/mol. The summed E-state index contributed by atoms with van der Waals surface area (Å²) in [4.78, 5) is 31.8. The number of nitrogens with zero attached hydrogens (tertiary/aromatic N) is 2. The first-order valence-electron chi connectivity index (χ1n) is 24.9. The zero-order valence-electron chi connectivity index (χ0n) is 43.4. The molecule has 1 fully saturated rings. The van der Waals surface area contributed by atoms with Gasteiger partial charge in [-0.25, -0.2) is 0 Å². The summed E-state index contributed by atoms with van der Waals surface area (Å²) >= 11 is 0. The molecule has 10 nitrogen and oxygen atoms in total. The summed E-state index contributed by atoms with van der Waals surface area (Å²) in [7, 11) is -3.03. The number of aliphatic hydroxyl groups is 1. The summed E-state index contributed by atoms with van der Waals surface area (Å²) in [6, 6.07) is 31.6. The van der Waals surface area contributed by atoms with E-state index in [0.29, 0.717) is 12.8 Å². The number of hydrogen-bond donors (Lipinski definition) is 1. The Balaban J connectivity index is 0.000000241. The van der Waals surface area contributed by atoms with E-state index in [1.165, 1.54) is 38.3 Å². The molecule has 1 aliphatic carbocycles. The van der Waals surface area contributed by atoms with Gasteiger partial charge in [-0.3, -0.25) is 19.6 Å². The van der Waals surface area contributed by atoms with Gasteiger partial charge in [-0.05, 0) is 145 Å². The second kappa shape index (κ2) is 24.0. The third-order valence-corrected chi connectivity index (χ3v) is 15.5. The van der Waals surface area contributed by atoms with E-state index in [1.807, 2.05) is 56.4 Å². The van der Waals surface area contributed by atoms with E-state index < -0.39 is 26.6 Å². The summed E-state index contributed by atoms with van der Waals surface area (Å²) in [6.45, 7) is 12.2. The first kappa shape index (κ1) is 56.5. The molecule has 0 radical (unpaired) electrons. The van der Waals surface area contributed by atoms with Crippen molar-refractivity contribution in [3.63, 3.8) is 0 Å². The maximum absolute atomic E-state index is 12.8. The number of rotatable bonds is 16. The van der Waals surface area contributed by atoms with Crippen molar-refractivity contribution in [3.05, 3.63) is 172 Å². The van der Waals surface area contributed by atoms with Crippen LogP contribution in [0.25, 0.3) is 22.3 Å². The minimum atomic E-state index is -5.76. The minimum Gasteiger partial charge on any atom is -0.469 e. The number of methoxy groups -OCH3 is 2. The van der Waals surface area contributed by atoms with E-state index in [2.05, 4.69) is 89.2 Å². The molecule has 0 spiro atoms. The lowest BCUT2D eigenvalue weighted by atomic mass is 9.70. The zero-order valence-corrected chi connectivity index (χ0v) is 44.2. The molecule has 1 aliphatic rings. The first-order chi connectivity index (χ1) is 35.2. The monoisotopic (exact) mass is 1030 g/mol. The fourth-order valence-corrected chi connectivity index (χ4v) is 10.5. The molecule has 0 amide bonds. The van der Waals surface area contributed by atoms with Gasteiger partial charge in [-0.15, -0.1) is 0 Å². The Kier molecular flexibility index (Phi) is 18.3. The van der Waals surface area contributed by atoms with Crippen LogP contribution in [0, 0.1) is 25.7 Å². The average molecular weight is 1030 g/mol. The molecule has 390 valence electrons. The van der Waals surface area contributed by atoms with Crippen molar-refractivity contribution in [3.8, 4) is 39.8 Å². The number of esters is 2. The van der Waals surface area contributed by atoms with E-state index in [1.54, 1.807) is 30.7 Å². The van der Waals surface area contributed by atoms with E-state index in [4.69, 9.17) is 9.47 Å². The molecular weight excluding hydrogens is 966 g/mol. The van der Waals surface area contributed by atoms with E-state index >= 15 is 0 Å². The van der Waals surface area contributed by atoms with Gasteiger partial charge in [0.15, 0.2) is 0 Å². The number of carbonyl (C=O) groups excluding carboxylic acids is 2. The van der Waals surface area contributed by atoms with Gasteiger partial charge >= 0.3 is 27.6 Å². The van der Waals surface area contributed by atoms with Gasteiger partial charge in [0.05, 0.1) is 27.1 Å². The third kappa shape index (κ3) is 12.9. The van der Waals surface area contributed by atoms with Gasteiger partial charge < -0.3 is 18.8 Å². The number of ether oxygens (including phenoxy) is 2. The highest BCUT2D eigenvalue weighted by atomic mass is 32.2. The number of halogens is 3. The van der Waals surface area contributed by atoms with Crippen LogP contribution in [0.3, 0.4) is 0 Å². The summed E-state index contributed by atoms with van der Waals surface area (Å²) in [5, 5.41) is 10.6. The fourth-order valence-electron chi connectivity index (χ4n) is 9.97. The Morgan fingerprint density at radius 1 is 0.608 bits per heavy atom. The summed E-state index contributed by atoms with van der Waals surface area (Å²) in [5.41, 5.74) is 5.26. The van der Waals surface area contributed by atoms with Crippen LogP contribution in [0.15, 0.2) is 122 Å². The Morgan fingerprint density at radius 2 is 1.03 bits per heavy atom. The second-order valence-electron chi connectivity index (χ2n) is 18.9. The highest BCUT2D eigenvalue weighted by molar-refractivity contribution is 7.88. The summed E-state index contributed by atoms with van der Waals surface area (Å²) < 4.78 is 75.1. The van der Waals surface area contributed by atoms with Crippen molar-refractivity contribution in [2.24, 2.45) is 0 Å². The van der Waals surface area contributed by atoms with Gasteiger partial charge in [0.1, 0.15) is 11.4 Å². The van der Waals surface area contributed by atoms with Crippen molar-refractivity contribution >= 4 is 22.1 Å². The van der Waals surface area contributed by atoms with Gasteiger partial charge in [0.2, 0.25) is 0 Å². The molecule has 14 heteroatoms. The molecular formula is C60H65F3N2O8S. The van der Waals surface area contributed by atoms with Crippen molar-refractivity contribution in [2.45, 2.75) is 128 Å². The number of aryl methyl sites for hydroxylation is 2. The highest BCUT2D eigenvalue weighted by Crippen LogP contribution is 2.43. The van der Waals surface area contributed by atoms with E-state index in [0.717, 1.165) is 94.2 Å². The topological polar surface area (TPSA) is 142 Å². The second-order valence-corrected chi connectivity index (χ2v) is 20.4. The summed E-state index contributed by atoms with van der Waals surface area (Å²) in [5.74, 6) is 5.42. The van der Waals surface area contributed by atoms with Crippen molar-refractivity contribution in [1.82, 2.24) is 9.97 Å². The minimum absolute atomic E-state index is 0.107. The number of alkyl halides is 3. The number of aromatic nitrogens is 2. The van der Waals surface area contributed by atoms with Crippen LogP contribution in [0.1, 0.15) is 129 Å². The lowest BCUT2D eigenvalue weighted by Crippen LogP contribution is -2.29. The van der Waals surface area contributed by atoms with Crippen LogP contribution in [-0.4, -0.2) is 60.8 Å². The molecule has 74 heavy (non-hydrogen) atoms. The van der Waals surface area contributed by atoms with Crippen LogP contribution < -0.4 is 4.18 Å². The maximum atomic E-state index is 12.8. The molecule has 1 saturated carbocycles.